The fourth-order valence-electron chi connectivity index (χ4n) is 1.66. The van der Waals surface area contributed by atoms with Gasteiger partial charge in [-0.25, -0.2) is 0 Å². The predicted octanol–water partition coefficient (Wildman–Crippen LogP) is 2.15. The number of aldehydes is 1. The number of rotatable bonds is 6. The van der Waals surface area contributed by atoms with Gasteiger partial charge in [0.1, 0.15) is 6.29 Å². The van der Waals surface area contributed by atoms with Crippen LogP contribution in [0, 0.1) is 5.92 Å². The van der Waals surface area contributed by atoms with Crippen LogP contribution in [0.1, 0.15) is 46.5 Å². The van der Waals surface area contributed by atoms with Gasteiger partial charge in [0.05, 0.1) is 5.60 Å². The van der Waals surface area contributed by atoms with Gasteiger partial charge in [-0.1, -0.05) is 27.2 Å². The minimum Gasteiger partial charge on any atom is -0.389 e. The van der Waals surface area contributed by atoms with Crippen molar-refractivity contribution in [1.29, 1.82) is 0 Å². The maximum absolute atomic E-state index is 10.7. The van der Waals surface area contributed by atoms with E-state index in [1.165, 1.54) is 0 Å². The molecule has 2 nitrogen and oxygen atoms in total. The Morgan fingerprint density at radius 1 is 1.42 bits per heavy atom. The van der Waals surface area contributed by atoms with Gasteiger partial charge in [-0.15, -0.1) is 0 Å². The van der Waals surface area contributed by atoms with Crippen molar-refractivity contribution in [1.82, 2.24) is 0 Å². The van der Waals surface area contributed by atoms with E-state index in [1.54, 1.807) is 0 Å². The van der Waals surface area contributed by atoms with Crippen LogP contribution in [0.15, 0.2) is 0 Å². The highest BCUT2D eigenvalue weighted by Crippen LogP contribution is 2.27. The van der Waals surface area contributed by atoms with Crippen molar-refractivity contribution in [3.63, 3.8) is 0 Å². The standard InChI is InChI=1S/C10H20O2/c1-4-7-10(12,6-3)9(5-2)8-11/h8-9,12H,4-7H2,1-3H3. The molecule has 0 fully saturated rings. The molecule has 12 heavy (non-hydrogen) atoms. The summed E-state index contributed by atoms with van der Waals surface area (Å²) in [6.07, 6.45) is 3.93. The number of hydrogen-bond donors (Lipinski definition) is 1. The molecule has 1 N–H and O–H groups in total. The lowest BCUT2D eigenvalue weighted by atomic mass is 9.81. The molecule has 0 aliphatic heterocycles. The van der Waals surface area contributed by atoms with E-state index < -0.39 is 5.60 Å². The molecule has 0 bridgehead atoms. The van der Waals surface area contributed by atoms with Crippen LogP contribution in [0.5, 0.6) is 0 Å². The average Bonchev–Trinajstić information content (AvgIpc) is 2.07. The van der Waals surface area contributed by atoms with Crippen molar-refractivity contribution >= 4 is 6.29 Å². The van der Waals surface area contributed by atoms with Gasteiger partial charge >= 0.3 is 0 Å². The van der Waals surface area contributed by atoms with E-state index >= 15 is 0 Å². The first-order chi connectivity index (χ1) is 5.64. The third kappa shape index (κ3) is 2.59. The fourth-order valence-corrected chi connectivity index (χ4v) is 1.66. The third-order valence-electron chi connectivity index (χ3n) is 2.59. The van der Waals surface area contributed by atoms with Gasteiger partial charge < -0.3 is 9.90 Å². The van der Waals surface area contributed by atoms with Crippen LogP contribution in [0.3, 0.4) is 0 Å². The minimum absolute atomic E-state index is 0.192. The maximum Gasteiger partial charge on any atom is 0.125 e. The first kappa shape index (κ1) is 11.6. The quantitative estimate of drug-likeness (QED) is 0.623. The average molecular weight is 172 g/mol. The Morgan fingerprint density at radius 2 is 2.00 bits per heavy atom. The molecule has 0 spiro atoms. The highest BCUT2D eigenvalue weighted by molar-refractivity contribution is 5.55. The van der Waals surface area contributed by atoms with E-state index in [2.05, 4.69) is 0 Å². The largest absolute Gasteiger partial charge is 0.389 e. The Hall–Kier alpha value is -0.370. The smallest absolute Gasteiger partial charge is 0.125 e. The monoisotopic (exact) mass is 172 g/mol. The summed E-state index contributed by atoms with van der Waals surface area (Å²) < 4.78 is 0. The topological polar surface area (TPSA) is 37.3 Å². The van der Waals surface area contributed by atoms with Crippen LogP contribution in [0.2, 0.25) is 0 Å². The Labute approximate surface area is 75.0 Å². The maximum atomic E-state index is 10.7. The predicted molar refractivity (Wildman–Crippen MR) is 50.0 cm³/mol. The SMILES string of the molecule is CCCC(O)(CC)C(C=O)CC. The zero-order valence-corrected chi connectivity index (χ0v) is 8.34. The lowest BCUT2D eigenvalue weighted by Crippen LogP contribution is -2.37. The molecular formula is C10H20O2. The summed E-state index contributed by atoms with van der Waals surface area (Å²) in [5.41, 5.74) is -0.759. The Bertz CT molecular complexity index is 134. The number of carbonyl (C=O) groups is 1. The lowest BCUT2D eigenvalue weighted by Gasteiger charge is -2.31. The first-order valence-corrected chi connectivity index (χ1v) is 4.82. The summed E-state index contributed by atoms with van der Waals surface area (Å²) in [6, 6.07) is 0. The van der Waals surface area contributed by atoms with Gasteiger partial charge in [0, 0.05) is 5.92 Å². The van der Waals surface area contributed by atoms with Crippen molar-refractivity contribution in [3.05, 3.63) is 0 Å². The molecule has 72 valence electrons. The van der Waals surface area contributed by atoms with E-state index in [-0.39, 0.29) is 5.92 Å². The van der Waals surface area contributed by atoms with Crippen molar-refractivity contribution in [3.8, 4) is 0 Å². The summed E-state index contributed by atoms with van der Waals surface area (Å²) in [7, 11) is 0. The van der Waals surface area contributed by atoms with Crippen molar-refractivity contribution < 1.29 is 9.90 Å². The molecule has 0 heterocycles. The second-order valence-corrected chi connectivity index (χ2v) is 3.36. The summed E-state index contributed by atoms with van der Waals surface area (Å²) in [5.74, 6) is -0.192. The zero-order chi connectivity index (χ0) is 9.61. The normalized spacial score (nSPS) is 18.3. The molecule has 0 saturated heterocycles. The van der Waals surface area contributed by atoms with Crippen molar-refractivity contribution in [2.75, 3.05) is 0 Å². The van der Waals surface area contributed by atoms with Crippen LogP contribution < -0.4 is 0 Å². The van der Waals surface area contributed by atoms with Gasteiger partial charge in [-0.05, 0) is 19.3 Å². The van der Waals surface area contributed by atoms with Crippen LogP contribution >= 0.6 is 0 Å². The molecule has 0 rings (SSSR count). The molecule has 2 unspecified atom stereocenters. The fraction of sp³-hybridized carbons (Fsp3) is 0.900. The molecule has 0 aliphatic rings. The van der Waals surface area contributed by atoms with Crippen LogP contribution in [0.4, 0.5) is 0 Å². The van der Waals surface area contributed by atoms with Gasteiger partial charge in [0.25, 0.3) is 0 Å². The van der Waals surface area contributed by atoms with Gasteiger partial charge in [0.2, 0.25) is 0 Å². The molecule has 0 saturated carbocycles. The van der Waals surface area contributed by atoms with E-state index in [9.17, 15) is 9.90 Å². The Kier molecular flexibility index (Phi) is 5.14. The van der Waals surface area contributed by atoms with E-state index in [0.29, 0.717) is 6.42 Å². The number of hydrogen-bond acceptors (Lipinski definition) is 2. The number of aliphatic hydroxyl groups is 1. The van der Waals surface area contributed by atoms with Crippen molar-refractivity contribution in [2.24, 2.45) is 5.92 Å². The summed E-state index contributed by atoms with van der Waals surface area (Å²) >= 11 is 0. The van der Waals surface area contributed by atoms with Gasteiger partial charge in [-0.3, -0.25) is 0 Å². The molecule has 0 aliphatic carbocycles. The first-order valence-electron chi connectivity index (χ1n) is 4.82. The number of carbonyl (C=O) groups excluding carboxylic acids is 1. The molecule has 0 aromatic heterocycles. The molecule has 0 aromatic rings. The second-order valence-electron chi connectivity index (χ2n) is 3.36. The van der Waals surface area contributed by atoms with E-state index in [0.717, 1.165) is 25.5 Å². The van der Waals surface area contributed by atoms with Crippen molar-refractivity contribution in [2.45, 2.75) is 52.1 Å². The summed E-state index contributed by atoms with van der Waals surface area (Å²) in [4.78, 5) is 10.7. The Morgan fingerprint density at radius 3 is 2.25 bits per heavy atom. The van der Waals surface area contributed by atoms with Crippen LogP contribution in [-0.4, -0.2) is 17.0 Å². The molecule has 2 atom stereocenters. The molecule has 0 radical (unpaired) electrons. The molecule has 0 aromatic carbocycles. The molecule has 0 amide bonds. The van der Waals surface area contributed by atoms with Gasteiger partial charge in [0.15, 0.2) is 0 Å². The highest BCUT2D eigenvalue weighted by Gasteiger charge is 2.32. The third-order valence-corrected chi connectivity index (χ3v) is 2.59. The summed E-state index contributed by atoms with van der Waals surface area (Å²) in [5, 5.41) is 10.0. The minimum atomic E-state index is -0.759. The second kappa shape index (κ2) is 5.31. The summed E-state index contributed by atoms with van der Waals surface area (Å²) in [6.45, 7) is 5.90. The highest BCUT2D eigenvalue weighted by atomic mass is 16.3. The van der Waals surface area contributed by atoms with E-state index in [1.807, 2.05) is 20.8 Å². The van der Waals surface area contributed by atoms with Gasteiger partial charge in [-0.2, -0.15) is 0 Å². The van der Waals surface area contributed by atoms with E-state index in [4.69, 9.17) is 0 Å². The zero-order valence-electron chi connectivity index (χ0n) is 8.34. The molecule has 2 heteroatoms. The van der Waals surface area contributed by atoms with Crippen LogP contribution in [0.25, 0.3) is 0 Å². The lowest BCUT2D eigenvalue weighted by molar-refractivity contribution is -0.121. The van der Waals surface area contributed by atoms with Crippen LogP contribution in [-0.2, 0) is 4.79 Å². The Balaban J connectivity index is 4.34. The molecular weight excluding hydrogens is 152 g/mol.